The van der Waals surface area contributed by atoms with Crippen LogP contribution in [0, 0.1) is 17.3 Å². The summed E-state index contributed by atoms with van der Waals surface area (Å²) in [6.45, 7) is 8.31. The molecule has 1 aliphatic carbocycles. The van der Waals surface area contributed by atoms with Crippen molar-refractivity contribution in [2.45, 2.75) is 40.5 Å². The lowest BCUT2D eigenvalue weighted by molar-refractivity contribution is -0.136. The summed E-state index contributed by atoms with van der Waals surface area (Å²) >= 11 is 0. The van der Waals surface area contributed by atoms with Crippen molar-refractivity contribution in [2.75, 3.05) is 5.32 Å². The molecule has 1 N–H and O–H groups in total. The molecule has 0 saturated heterocycles. The van der Waals surface area contributed by atoms with Gasteiger partial charge in [-0.1, -0.05) is 25.5 Å². The predicted octanol–water partition coefficient (Wildman–Crippen LogP) is 3.72. The highest BCUT2D eigenvalue weighted by Gasteiger charge is 2.61. The van der Waals surface area contributed by atoms with Crippen LogP contribution < -0.4 is 10.1 Å². The molecule has 2 aliphatic rings. The minimum atomic E-state index is -0.169. The van der Waals surface area contributed by atoms with E-state index in [0.717, 1.165) is 11.3 Å². The number of nitrogens with one attached hydrogen (secondary N) is 1. The largest absolute Gasteiger partial charge is 0.426 e. The highest BCUT2D eigenvalue weighted by Crippen LogP contribution is 2.59. The smallest absolute Gasteiger partial charge is 0.315 e. The average Bonchev–Trinajstić information content (AvgIpc) is 2.99. The Labute approximate surface area is 136 Å². The molecule has 0 spiro atoms. The zero-order chi connectivity index (χ0) is 16.8. The third kappa shape index (κ3) is 3.03. The number of anilines is 1. The van der Waals surface area contributed by atoms with Gasteiger partial charge in [0.1, 0.15) is 5.75 Å². The minimum absolute atomic E-state index is 0.0338. The fraction of sp³-hybridized carbons (Fsp3) is 0.474. The van der Waals surface area contributed by atoms with E-state index in [-0.39, 0.29) is 29.1 Å². The first-order chi connectivity index (χ1) is 10.8. The van der Waals surface area contributed by atoms with Crippen molar-refractivity contribution < 1.29 is 14.3 Å². The van der Waals surface area contributed by atoms with Gasteiger partial charge in [-0.3, -0.25) is 9.59 Å². The van der Waals surface area contributed by atoms with Crippen molar-refractivity contribution >= 4 is 17.6 Å². The van der Waals surface area contributed by atoms with Crippen molar-refractivity contribution in [3.8, 4) is 5.75 Å². The zero-order valence-electron chi connectivity index (χ0n) is 14.1. The summed E-state index contributed by atoms with van der Waals surface area (Å²) in [6, 6.07) is 5.41. The molecule has 3 rings (SSSR count). The highest BCUT2D eigenvalue weighted by molar-refractivity contribution is 5.94. The quantitative estimate of drug-likeness (QED) is 0.526. The van der Waals surface area contributed by atoms with Gasteiger partial charge >= 0.3 is 5.97 Å². The van der Waals surface area contributed by atoms with Crippen LogP contribution in [0.2, 0.25) is 0 Å². The van der Waals surface area contributed by atoms with Crippen LogP contribution in [-0.2, 0) is 16.0 Å². The van der Waals surface area contributed by atoms with E-state index in [9.17, 15) is 9.59 Å². The summed E-state index contributed by atoms with van der Waals surface area (Å²) in [4.78, 5) is 23.9. The van der Waals surface area contributed by atoms with Crippen LogP contribution in [0.15, 0.2) is 29.8 Å². The summed E-state index contributed by atoms with van der Waals surface area (Å²) in [5.41, 5.74) is 3.01. The molecule has 4 nitrogen and oxygen atoms in total. The fourth-order valence-electron chi connectivity index (χ4n) is 3.40. The van der Waals surface area contributed by atoms with Gasteiger partial charge in [-0.25, -0.2) is 0 Å². The first kappa shape index (κ1) is 15.8. The van der Waals surface area contributed by atoms with Gasteiger partial charge in [-0.2, -0.15) is 0 Å². The lowest BCUT2D eigenvalue weighted by atomic mass is 10.0. The van der Waals surface area contributed by atoms with E-state index in [0.29, 0.717) is 18.6 Å². The molecule has 1 aromatic carbocycles. The maximum absolute atomic E-state index is 12.5. The van der Waals surface area contributed by atoms with Crippen molar-refractivity contribution in [1.29, 1.82) is 0 Å². The number of hydrogen-bond donors (Lipinski definition) is 1. The van der Waals surface area contributed by atoms with E-state index in [1.165, 1.54) is 5.57 Å². The van der Waals surface area contributed by atoms with E-state index >= 15 is 0 Å². The van der Waals surface area contributed by atoms with Gasteiger partial charge in [0.05, 0.1) is 5.92 Å². The number of benzene rings is 1. The Morgan fingerprint density at radius 2 is 2.04 bits per heavy atom. The van der Waals surface area contributed by atoms with Gasteiger partial charge in [0, 0.05) is 12.1 Å². The second kappa shape index (κ2) is 5.52. The normalized spacial score (nSPS) is 24.3. The van der Waals surface area contributed by atoms with Crippen LogP contribution in [0.1, 0.15) is 39.7 Å². The van der Waals surface area contributed by atoms with Crippen molar-refractivity contribution in [3.05, 3.63) is 35.4 Å². The second-order valence-electron chi connectivity index (χ2n) is 7.36. The first-order valence-corrected chi connectivity index (χ1v) is 8.08. The molecule has 0 bridgehead atoms. The number of amides is 1. The van der Waals surface area contributed by atoms with Crippen LogP contribution in [0.3, 0.4) is 0 Å². The Balaban J connectivity index is 1.72. The molecule has 1 aromatic rings. The summed E-state index contributed by atoms with van der Waals surface area (Å²) in [6.07, 6.45) is 3.32. The summed E-state index contributed by atoms with van der Waals surface area (Å²) < 4.78 is 5.60. The van der Waals surface area contributed by atoms with Crippen LogP contribution in [0.5, 0.6) is 5.75 Å². The molecular weight excluding hydrogens is 290 g/mol. The topological polar surface area (TPSA) is 55.4 Å². The molecule has 0 radical (unpaired) electrons. The number of carbonyl (C=O) groups is 2. The maximum Gasteiger partial charge on any atom is 0.315 e. The number of hydrogen-bond acceptors (Lipinski definition) is 3. The van der Waals surface area contributed by atoms with Crippen LogP contribution in [0.25, 0.3) is 0 Å². The first-order valence-electron chi connectivity index (χ1n) is 8.08. The Morgan fingerprint density at radius 1 is 1.30 bits per heavy atom. The fourth-order valence-corrected chi connectivity index (χ4v) is 3.40. The van der Waals surface area contributed by atoms with Gasteiger partial charge in [-0.15, -0.1) is 0 Å². The van der Waals surface area contributed by atoms with Gasteiger partial charge < -0.3 is 10.1 Å². The molecule has 1 amide bonds. The lowest BCUT2D eigenvalue weighted by Gasteiger charge is -2.17. The summed E-state index contributed by atoms with van der Waals surface area (Å²) in [5, 5.41) is 2.83. The highest BCUT2D eigenvalue weighted by atomic mass is 16.5. The molecule has 122 valence electrons. The molecule has 4 heteroatoms. The molecule has 2 atom stereocenters. The van der Waals surface area contributed by atoms with E-state index in [4.69, 9.17) is 4.74 Å². The second-order valence-corrected chi connectivity index (χ2v) is 7.36. The number of rotatable bonds is 3. The summed E-state index contributed by atoms with van der Waals surface area (Å²) in [5.74, 6) is 0.581. The van der Waals surface area contributed by atoms with Crippen molar-refractivity contribution in [3.63, 3.8) is 0 Å². The lowest BCUT2D eigenvalue weighted by Crippen LogP contribution is -2.19. The minimum Gasteiger partial charge on any atom is -0.426 e. The molecule has 1 heterocycles. The van der Waals surface area contributed by atoms with Crippen LogP contribution in [-0.4, -0.2) is 11.9 Å². The SMILES string of the molecule is CC(C)=C[C@H]1[C@@H](C(=O)Oc2ccc3c(c2)CCC(=O)N3)C1(C)C. The molecule has 0 unspecified atom stereocenters. The monoisotopic (exact) mass is 313 g/mol. The molecule has 23 heavy (non-hydrogen) atoms. The van der Waals surface area contributed by atoms with Gasteiger partial charge in [0.25, 0.3) is 0 Å². The zero-order valence-corrected chi connectivity index (χ0v) is 14.1. The van der Waals surface area contributed by atoms with Gasteiger partial charge in [0.15, 0.2) is 0 Å². The molecule has 1 saturated carbocycles. The van der Waals surface area contributed by atoms with Crippen molar-refractivity contribution in [1.82, 2.24) is 0 Å². The Bertz CT molecular complexity index is 699. The van der Waals surface area contributed by atoms with E-state index in [2.05, 4.69) is 39.1 Å². The van der Waals surface area contributed by atoms with E-state index < -0.39 is 0 Å². The molecule has 1 fully saturated rings. The number of aryl methyl sites for hydroxylation is 1. The van der Waals surface area contributed by atoms with Crippen LogP contribution >= 0.6 is 0 Å². The molecular formula is C19H23NO3. The average molecular weight is 313 g/mol. The van der Waals surface area contributed by atoms with Gasteiger partial charge in [0.2, 0.25) is 5.91 Å². The van der Waals surface area contributed by atoms with E-state index in [1.807, 2.05) is 6.07 Å². The Hall–Kier alpha value is -2.10. The Kier molecular flexibility index (Phi) is 3.78. The Morgan fingerprint density at radius 3 is 2.74 bits per heavy atom. The third-order valence-corrected chi connectivity index (χ3v) is 4.87. The molecule has 1 aliphatic heterocycles. The number of esters is 1. The number of ether oxygens (including phenoxy) is 1. The number of fused-ring (bicyclic) bond motifs is 1. The standard InChI is InChI=1S/C19H23NO3/c1-11(2)9-14-17(19(14,3)4)18(22)23-13-6-7-15-12(10-13)5-8-16(21)20-15/h6-7,9-10,14,17H,5,8H2,1-4H3,(H,20,21)/t14-,17-/m0/s1. The van der Waals surface area contributed by atoms with E-state index in [1.54, 1.807) is 12.1 Å². The van der Waals surface area contributed by atoms with Crippen LogP contribution in [0.4, 0.5) is 5.69 Å². The maximum atomic E-state index is 12.5. The third-order valence-electron chi connectivity index (χ3n) is 4.87. The number of carbonyl (C=O) groups excluding carboxylic acids is 2. The summed E-state index contributed by atoms with van der Waals surface area (Å²) in [7, 11) is 0. The van der Waals surface area contributed by atoms with Gasteiger partial charge in [-0.05, 0) is 55.4 Å². The van der Waals surface area contributed by atoms with Crippen molar-refractivity contribution in [2.24, 2.45) is 17.3 Å². The number of allylic oxidation sites excluding steroid dienone is 2. The molecule has 0 aromatic heterocycles. The predicted molar refractivity (Wildman–Crippen MR) is 89.2 cm³/mol.